The third kappa shape index (κ3) is 5.36. The molecule has 2 heterocycles. The van der Waals surface area contributed by atoms with Gasteiger partial charge in [-0.25, -0.2) is 4.99 Å². The Labute approximate surface area is 210 Å². The molecule has 2 aliphatic heterocycles. The second-order valence-electron chi connectivity index (χ2n) is 8.09. The maximum atomic E-state index is 13.1. The van der Waals surface area contributed by atoms with E-state index < -0.39 is 0 Å². The molecule has 2 fully saturated rings. The second-order valence-corrected chi connectivity index (χ2v) is 9.50. The molecule has 0 bridgehead atoms. The monoisotopic (exact) mass is 499 g/mol. The SMILES string of the molecule is CCOc1c(Cl)cc(/C=C2\SC(=Nc3ccc(N4CCCCC4)cc3)N(CC)C2=O)cc1OC. The summed E-state index contributed by atoms with van der Waals surface area (Å²) < 4.78 is 11.0. The van der Waals surface area contributed by atoms with Gasteiger partial charge in [0, 0.05) is 25.3 Å². The van der Waals surface area contributed by atoms with Crippen LogP contribution in [0.1, 0.15) is 38.7 Å². The van der Waals surface area contributed by atoms with Crippen molar-refractivity contribution in [2.24, 2.45) is 4.99 Å². The molecule has 2 saturated heterocycles. The van der Waals surface area contributed by atoms with E-state index in [2.05, 4.69) is 17.0 Å². The first kappa shape index (κ1) is 24.5. The van der Waals surface area contributed by atoms with Crippen LogP contribution in [0, 0.1) is 0 Å². The minimum absolute atomic E-state index is 0.0693. The zero-order valence-electron chi connectivity index (χ0n) is 19.8. The predicted octanol–water partition coefficient (Wildman–Crippen LogP) is 6.36. The fourth-order valence-corrected chi connectivity index (χ4v) is 5.47. The molecule has 0 saturated carbocycles. The molecule has 0 spiro atoms. The molecule has 2 aromatic carbocycles. The Hall–Kier alpha value is -2.64. The Balaban J connectivity index is 1.57. The van der Waals surface area contributed by atoms with Crippen LogP contribution in [-0.2, 0) is 4.79 Å². The molecule has 0 aliphatic carbocycles. The van der Waals surface area contributed by atoms with Crippen molar-refractivity contribution in [2.45, 2.75) is 33.1 Å². The quantitative estimate of drug-likeness (QED) is 0.415. The van der Waals surface area contributed by atoms with Crippen LogP contribution in [0.15, 0.2) is 46.3 Å². The number of anilines is 1. The number of nitrogens with zero attached hydrogens (tertiary/aromatic N) is 3. The molecule has 34 heavy (non-hydrogen) atoms. The van der Waals surface area contributed by atoms with Crippen LogP contribution in [0.2, 0.25) is 5.02 Å². The third-order valence-corrected chi connectivity index (χ3v) is 7.13. The van der Waals surface area contributed by atoms with E-state index in [-0.39, 0.29) is 5.91 Å². The number of carbonyl (C=O) groups excluding carboxylic acids is 1. The molecule has 0 radical (unpaired) electrons. The van der Waals surface area contributed by atoms with Gasteiger partial charge in [-0.05, 0) is 92.9 Å². The van der Waals surface area contributed by atoms with Crippen molar-refractivity contribution in [2.75, 3.05) is 38.3 Å². The zero-order valence-corrected chi connectivity index (χ0v) is 21.4. The molecule has 4 rings (SSSR count). The fourth-order valence-electron chi connectivity index (χ4n) is 4.13. The molecule has 6 nitrogen and oxygen atoms in total. The lowest BCUT2D eigenvalue weighted by molar-refractivity contribution is -0.122. The molecule has 0 N–H and O–H groups in total. The number of rotatable bonds is 7. The van der Waals surface area contributed by atoms with Gasteiger partial charge in [0.15, 0.2) is 16.7 Å². The summed E-state index contributed by atoms with van der Waals surface area (Å²) >= 11 is 7.78. The number of amides is 1. The van der Waals surface area contributed by atoms with Crippen molar-refractivity contribution in [3.8, 4) is 11.5 Å². The first-order chi connectivity index (χ1) is 16.5. The van der Waals surface area contributed by atoms with Crippen molar-refractivity contribution in [1.82, 2.24) is 4.90 Å². The maximum absolute atomic E-state index is 13.1. The number of carbonyl (C=O) groups is 1. The number of piperidine rings is 1. The number of aliphatic imine (C=N–C) groups is 1. The highest BCUT2D eigenvalue weighted by atomic mass is 35.5. The normalized spacial score (nSPS) is 18.8. The van der Waals surface area contributed by atoms with E-state index in [0.29, 0.717) is 39.7 Å². The standard InChI is InChI=1S/C26H30ClN3O3S/c1-4-30-25(31)23(17-18-15-21(27)24(33-5-2)22(16-18)32-3)34-26(30)28-19-9-11-20(12-10-19)29-13-7-6-8-14-29/h9-12,15-17H,4-8,13-14H2,1-3H3/b23-17-,28-26?. The van der Waals surface area contributed by atoms with Gasteiger partial charge in [-0.15, -0.1) is 0 Å². The second kappa shape index (κ2) is 11.2. The smallest absolute Gasteiger partial charge is 0.266 e. The summed E-state index contributed by atoms with van der Waals surface area (Å²) in [6.45, 7) is 7.08. The summed E-state index contributed by atoms with van der Waals surface area (Å²) in [7, 11) is 1.57. The summed E-state index contributed by atoms with van der Waals surface area (Å²) in [5.74, 6) is 0.969. The molecule has 8 heteroatoms. The number of halogens is 1. The van der Waals surface area contributed by atoms with E-state index >= 15 is 0 Å². The number of hydrogen-bond acceptors (Lipinski definition) is 6. The molecule has 180 valence electrons. The third-order valence-electron chi connectivity index (χ3n) is 5.84. The first-order valence-corrected chi connectivity index (χ1v) is 12.9. The Bertz CT molecular complexity index is 1100. The molecule has 2 aliphatic rings. The number of thioether (sulfide) groups is 1. The highest BCUT2D eigenvalue weighted by Gasteiger charge is 2.32. The number of benzene rings is 2. The predicted molar refractivity (Wildman–Crippen MR) is 142 cm³/mol. The number of hydrogen-bond donors (Lipinski definition) is 0. The highest BCUT2D eigenvalue weighted by molar-refractivity contribution is 8.18. The van der Waals surface area contributed by atoms with Crippen LogP contribution in [0.5, 0.6) is 11.5 Å². The molecule has 0 atom stereocenters. The summed E-state index contributed by atoms with van der Waals surface area (Å²) in [4.78, 5) is 22.6. The van der Waals surface area contributed by atoms with Gasteiger partial charge in [0.2, 0.25) is 0 Å². The first-order valence-electron chi connectivity index (χ1n) is 11.7. The van der Waals surface area contributed by atoms with Gasteiger partial charge in [-0.3, -0.25) is 9.69 Å². The summed E-state index contributed by atoms with van der Waals surface area (Å²) in [5, 5.41) is 1.12. The number of likely N-dealkylation sites (N-methyl/N-ethyl adjacent to an activating group) is 1. The van der Waals surface area contributed by atoms with Crippen LogP contribution < -0.4 is 14.4 Å². The topological polar surface area (TPSA) is 54.4 Å². The van der Waals surface area contributed by atoms with E-state index in [0.717, 1.165) is 24.3 Å². The lowest BCUT2D eigenvalue weighted by Gasteiger charge is -2.28. The van der Waals surface area contributed by atoms with Crippen molar-refractivity contribution in [1.29, 1.82) is 0 Å². The van der Waals surface area contributed by atoms with Crippen LogP contribution >= 0.6 is 23.4 Å². The van der Waals surface area contributed by atoms with E-state index in [1.807, 2.05) is 38.1 Å². The summed E-state index contributed by atoms with van der Waals surface area (Å²) in [6.07, 6.45) is 5.62. The van der Waals surface area contributed by atoms with Gasteiger partial charge in [-0.2, -0.15) is 0 Å². The van der Waals surface area contributed by atoms with Crippen LogP contribution in [0.25, 0.3) is 6.08 Å². The number of amidine groups is 1. The molecular formula is C26H30ClN3O3S. The van der Waals surface area contributed by atoms with Gasteiger partial charge in [0.25, 0.3) is 5.91 Å². The van der Waals surface area contributed by atoms with Crippen molar-refractivity contribution in [3.05, 3.63) is 51.9 Å². The average Bonchev–Trinajstić information content (AvgIpc) is 3.15. The van der Waals surface area contributed by atoms with Gasteiger partial charge < -0.3 is 14.4 Å². The minimum Gasteiger partial charge on any atom is -0.493 e. The van der Waals surface area contributed by atoms with Gasteiger partial charge >= 0.3 is 0 Å². The van der Waals surface area contributed by atoms with Crippen molar-refractivity contribution >= 4 is 51.9 Å². The van der Waals surface area contributed by atoms with Crippen molar-refractivity contribution in [3.63, 3.8) is 0 Å². The fraction of sp³-hybridized carbons (Fsp3) is 0.385. The number of methoxy groups -OCH3 is 1. The zero-order chi connectivity index (χ0) is 24.1. The van der Waals surface area contributed by atoms with Gasteiger partial charge in [0.05, 0.1) is 29.3 Å². The van der Waals surface area contributed by atoms with E-state index in [4.69, 9.17) is 26.1 Å². The van der Waals surface area contributed by atoms with E-state index in [9.17, 15) is 4.79 Å². The maximum Gasteiger partial charge on any atom is 0.266 e. The Morgan fingerprint density at radius 1 is 1.12 bits per heavy atom. The Morgan fingerprint density at radius 3 is 2.50 bits per heavy atom. The Morgan fingerprint density at radius 2 is 1.85 bits per heavy atom. The lowest BCUT2D eigenvalue weighted by Crippen LogP contribution is -2.29. The van der Waals surface area contributed by atoms with Crippen LogP contribution in [0.4, 0.5) is 11.4 Å². The largest absolute Gasteiger partial charge is 0.493 e. The highest BCUT2D eigenvalue weighted by Crippen LogP contribution is 2.39. The van der Waals surface area contributed by atoms with E-state index in [1.165, 1.54) is 36.7 Å². The minimum atomic E-state index is -0.0693. The summed E-state index contributed by atoms with van der Waals surface area (Å²) in [5.41, 5.74) is 2.83. The molecule has 1 amide bonds. The molecule has 0 aromatic heterocycles. The molecular weight excluding hydrogens is 470 g/mol. The Kier molecular flexibility index (Phi) is 8.06. The van der Waals surface area contributed by atoms with Gasteiger partial charge in [-0.1, -0.05) is 11.6 Å². The summed E-state index contributed by atoms with van der Waals surface area (Å²) in [6, 6.07) is 11.9. The number of ether oxygens (including phenoxy) is 2. The molecule has 2 aromatic rings. The van der Waals surface area contributed by atoms with Gasteiger partial charge in [0.1, 0.15) is 0 Å². The van der Waals surface area contributed by atoms with E-state index in [1.54, 1.807) is 18.1 Å². The average molecular weight is 500 g/mol. The molecule has 0 unspecified atom stereocenters. The van der Waals surface area contributed by atoms with Crippen LogP contribution in [-0.4, -0.2) is 49.3 Å². The lowest BCUT2D eigenvalue weighted by atomic mass is 10.1. The van der Waals surface area contributed by atoms with Crippen LogP contribution in [0.3, 0.4) is 0 Å². The van der Waals surface area contributed by atoms with Crippen molar-refractivity contribution < 1.29 is 14.3 Å².